The molecule has 0 radical (unpaired) electrons. The molecule has 5 heteroatoms. The Morgan fingerprint density at radius 1 is 1.56 bits per heavy atom. The van der Waals surface area contributed by atoms with Crippen LogP contribution < -0.4 is 5.73 Å². The Labute approximate surface area is 92.3 Å². The van der Waals surface area contributed by atoms with Gasteiger partial charge in [0.1, 0.15) is 0 Å². The molecule has 0 aliphatic rings. The molecule has 1 amide bonds. The molecule has 0 fully saturated rings. The summed E-state index contributed by atoms with van der Waals surface area (Å²) in [6.45, 7) is 1.63. The minimum Gasteiger partial charge on any atom is -0.477 e. The predicted molar refractivity (Wildman–Crippen MR) is 56.6 cm³/mol. The summed E-state index contributed by atoms with van der Waals surface area (Å²) in [5.41, 5.74) is 6.00. The fourth-order valence-corrected chi connectivity index (χ4v) is 1.10. The summed E-state index contributed by atoms with van der Waals surface area (Å²) in [4.78, 5) is 24.9. The van der Waals surface area contributed by atoms with Gasteiger partial charge in [-0.25, -0.2) is 9.78 Å². The predicted octanol–water partition coefficient (Wildman–Crippen LogP) is 0.315. The number of nitrogens with two attached hydrogens (primary N) is 1. The standard InChI is InChI=1S/C11H10N2O3/c1-7-5-8(3-2-4-9(12)14)6-13-10(7)11(15)16/h5-6H,4H2,1H3,(H2,12,14)(H,15,16). The Morgan fingerprint density at radius 2 is 2.25 bits per heavy atom. The maximum absolute atomic E-state index is 10.7. The summed E-state index contributed by atoms with van der Waals surface area (Å²) in [5, 5.41) is 8.75. The van der Waals surface area contributed by atoms with Crippen molar-refractivity contribution in [1.29, 1.82) is 0 Å². The minimum absolute atomic E-state index is 0.000418. The van der Waals surface area contributed by atoms with Crippen molar-refractivity contribution in [2.75, 3.05) is 0 Å². The minimum atomic E-state index is -1.07. The molecule has 0 spiro atoms. The lowest BCUT2D eigenvalue weighted by Crippen LogP contribution is -2.08. The summed E-state index contributed by atoms with van der Waals surface area (Å²) < 4.78 is 0. The van der Waals surface area contributed by atoms with Crippen molar-refractivity contribution < 1.29 is 14.7 Å². The summed E-state index contributed by atoms with van der Waals surface area (Å²) in [6.07, 6.45) is 1.32. The van der Waals surface area contributed by atoms with E-state index in [2.05, 4.69) is 16.8 Å². The topological polar surface area (TPSA) is 93.3 Å². The molecule has 0 saturated carbocycles. The first-order valence-electron chi connectivity index (χ1n) is 4.48. The number of aryl methyl sites for hydroxylation is 1. The number of aromatic carboxylic acids is 1. The number of carboxylic acids is 1. The van der Waals surface area contributed by atoms with Gasteiger partial charge in [-0.15, -0.1) is 0 Å². The van der Waals surface area contributed by atoms with E-state index in [1.807, 2.05) is 0 Å². The number of carbonyl (C=O) groups is 2. The number of hydrogen-bond donors (Lipinski definition) is 2. The van der Waals surface area contributed by atoms with Gasteiger partial charge >= 0.3 is 5.97 Å². The first-order valence-corrected chi connectivity index (χ1v) is 4.48. The van der Waals surface area contributed by atoms with Crippen LogP contribution in [0.25, 0.3) is 0 Å². The van der Waals surface area contributed by atoms with E-state index in [0.29, 0.717) is 11.1 Å². The van der Waals surface area contributed by atoms with E-state index in [4.69, 9.17) is 10.8 Å². The molecule has 3 N–H and O–H groups in total. The fraction of sp³-hybridized carbons (Fsp3) is 0.182. The van der Waals surface area contributed by atoms with Crippen LogP contribution in [-0.4, -0.2) is 22.0 Å². The van der Waals surface area contributed by atoms with Crippen molar-refractivity contribution in [3.63, 3.8) is 0 Å². The highest BCUT2D eigenvalue weighted by atomic mass is 16.4. The molecule has 16 heavy (non-hydrogen) atoms. The monoisotopic (exact) mass is 218 g/mol. The van der Waals surface area contributed by atoms with Crippen LogP contribution in [0, 0.1) is 18.8 Å². The average Bonchev–Trinajstić information content (AvgIpc) is 2.16. The molecule has 1 aromatic heterocycles. The van der Waals surface area contributed by atoms with Gasteiger partial charge in [0.15, 0.2) is 5.69 Å². The van der Waals surface area contributed by atoms with Crippen LogP contribution in [0.5, 0.6) is 0 Å². The number of rotatable bonds is 2. The summed E-state index contributed by atoms with van der Waals surface area (Å²) in [7, 11) is 0. The molecule has 1 rings (SSSR count). The van der Waals surface area contributed by atoms with Gasteiger partial charge in [0.05, 0.1) is 6.42 Å². The first kappa shape index (κ1) is 11.7. The molecular formula is C11H10N2O3. The van der Waals surface area contributed by atoms with Crippen LogP contribution in [0.15, 0.2) is 12.3 Å². The second-order valence-electron chi connectivity index (χ2n) is 3.14. The maximum Gasteiger partial charge on any atom is 0.354 e. The van der Waals surface area contributed by atoms with E-state index in [0.717, 1.165) is 0 Å². The Bertz CT molecular complexity index is 498. The van der Waals surface area contributed by atoms with Crippen LogP contribution in [-0.2, 0) is 4.79 Å². The third-order valence-corrected chi connectivity index (χ3v) is 1.78. The number of aromatic nitrogens is 1. The van der Waals surface area contributed by atoms with Crippen LogP contribution in [0.2, 0.25) is 0 Å². The number of hydrogen-bond acceptors (Lipinski definition) is 3. The van der Waals surface area contributed by atoms with E-state index < -0.39 is 11.9 Å². The molecule has 82 valence electrons. The quantitative estimate of drug-likeness (QED) is 0.699. The van der Waals surface area contributed by atoms with Gasteiger partial charge in [0, 0.05) is 11.8 Å². The Kier molecular flexibility index (Phi) is 3.62. The second-order valence-corrected chi connectivity index (χ2v) is 3.14. The number of carboxylic acid groups (broad SMARTS) is 1. The zero-order valence-corrected chi connectivity index (χ0v) is 8.65. The third kappa shape index (κ3) is 3.10. The number of carbonyl (C=O) groups excluding carboxylic acids is 1. The Hall–Kier alpha value is -2.35. The van der Waals surface area contributed by atoms with Crippen molar-refractivity contribution in [2.24, 2.45) is 5.73 Å². The zero-order valence-electron chi connectivity index (χ0n) is 8.65. The maximum atomic E-state index is 10.7. The smallest absolute Gasteiger partial charge is 0.354 e. The highest BCUT2D eigenvalue weighted by Gasteiger charge is 2.07. The van der Waals surface area contributed by atoms with Crippen molar-refractivity contribution in [1.82, 2.24) is 4.98 Å². The molecule has 0 unspecified atom stereocenters. The van der Waals surface area contributed by atoms with Crippen molar-refractivity contribution in [3.05, 3.63) is 29.1 Å². The Morgan fingerprint density at radius 3 is 2.75 bits per heavy atom. The molecule has 0 aromatic carbocycles. The van der Waals surface area contributed by atoms with Crippen molar-refractivity contribution in [2.45, 2.75) is 13.3 Å². The first-order chi connectivity index (χ1) is 7.50. The van der Waals surface area contributed by atoms with Crippen LogP contribution in [0.3, 0.4) is 0 Å². The zero-order chi connectivity index (χ0) is 12.1. The summed E-state index contributed by atoms with van der Waals surface area (Å²) in [5.74, 6) is 3.67. The van der Waals surface area contributed by atoms with Gasteiger partial charge in [-0.05, 0) is 18.6 Å². The largest absolute Gasteiger partial charge is 0.477 e. The SMILES string of the molecule is Cc1cc(C#CCC(N)=O)cnc1C(=O)O. The van der Waals surface area contributed by atoms with E-state index >= 15 is 0 Å². The number of primary amides is 1. The second kappa shape index (κ2) is 4.94. The van der Waals surface area contributed by atoms with Gasteiger partial charge in [-0.2, -0.15) is 0 Å². The van der Waals surface area contributed by atoms with Gasteiger partial charge in [-0.3, -0.25) is 4.79 Å². The molecule has 0 bridgehead atoms. The van der Waals surface area contributed by atoms with Crippen LogP contribution in [0.4, 0.5) is 0 Å². The van der Waals surface area contributed by atoms with Crippen molar-refractivity contribution >= 4 is 11.9 Å². The van der Waals surface area contributed by atoms with Crippen LogP contribution in [0.1, 0.15) is 28.0 Å². The molecule has 5 nitrogen and oxygen atoms in total. The van der Waals surface area contributed by atoms with Gasteiger partial charge in [-0.1, -0.05) is 11.8 Å². The lowest BCUT2D eigenvalue weighted by Gasteiger charge is -1.98. The normalized spacial score (nSPS) is 9.06. The molecule has 0 aliphatic heterocycles. The molecular weight excluding hydrogens is 208 g/mol. The molecule has 0 aliphatic carbocycles. The van der Waals surface area contributed by atoms with E-state index in [9.17, 15) is 9.59 Å². The van der Waals surface area contributed by atoms with E-state index in [-0.39, 0.29) is 12.1 Å². The molecule has 1 aromatic rings. The number of pyridine rings is 1. The number of nitrogens with zero attached hydrogens (tertiary/aromatic N) is 1. The van der Waals surface area contributed by atoms with Gasteiger partial charge < -0.3 is 10.8 Å². The highest BCUT2D eigenvalue weighted by Crippen LogP contribution is 2.06. The highest BCUT2D eigenvalue weighted by molar-refractivity contribution is 5.87. The van der Waals surface area contributed by atoms with E-state index in [1.54, 1.807) is 13.0 Å². The Balaban J connectivity index is 2.92. The summed E-state index contributed by atoms with van der Waals surface area (Å²) in [6, 6.07) is 1.60. The molecule has 0 atom stereocenters. The van der Waals surface area contributed by atoms with E-state index in [1.165, 1.54) is 6.20 Å². The van der Waals surface area contributed by atoms with Crippen molar-refractivity contribution in [3.8, 4) is 11.8 Å². The molecule has 0 saturated heterocycles. The average molecular weight is 218 g/mol. The van der Waals surface area contributed by atoms with Gasteiger partial charge in [0.25, 0.3) is 0 Å². The lowest BCUT2D eigenvalue weighted by molar-refractivity contribution is -0.117. The molecule has 1 heterocycles. The van der Waals surface area contributed by atoms with Crippen LogP contribution >= 0.6 is 0 Å². The summed E-state index contributed by atoms with van der Waals surface area (Å²) >= 11 is 0. The number of amides is 1. The van der Waals surface area contributed by atoms with Gasteiger partial charge in [0.2, 0.25) is 5.91 Å². The third-order valence-electron chi connectivity index (χ3n) is 1.78. The lowest BCUT2D eigenvalue weighted by atomic mass is 10.1. The fourth-order valence-electron chi connectivity index (χ4n) is 1.10.